The molecule has 1 amide bonds. The van der Waals surface area contributed by atoms with Crippen molar-refractivity contribution in [3.8, 4) is 0 Å². The smallest absolute Gasteiger partial charge is 0.350 e. The van der Waals surface area contributed by atoms with E-state index in [-0.39, 0.29) is 24.2 Å². The van der Waals surface area contributed by atoms with Crippen molar-refractivity contribution < 1.29 is 9.53 Å². The van der Waals surface area contributed by atoms with Gasteiger partial charge in [0.05, 0.1) is 6.10 Å². The van der Waals surface area contributed by atoms with Gasteiger partial charge < -0.3 is 10.1 Å². The Labute approximate surface area is 151 Å². The van der Waals surface area contributed by atoms with Gasteiger partial charge in [-0.05, 0) is 31.0 Å². The molecule has 3 aromatic rings. The number of nitrogens with one attached hydrogen (secondary N) is 1. The fraction of sp³-hybridized carbons (Fsp3) is 0.316. The molecule has 0 bridgehead atoms. The Morgan fingerprint density at radius 1 is 1.19 bits per heavy atom. The average molecular weight is 354 g/mol. The van der Waals surface area contributed by atoms with Gasteiger partial charge in [0.15, 0.2) is 5.65 Å². The molecular weight excluding hydrogens is 332 g/mol. The summed E-state index contributed by atoms with van der Waals surface area (Å²) in [5, 5.41) is 6.92. The molecule has 2 aromatic heterocycles. The minimum atomic E-state index is -0.323. The van der Waals surface area contributed by atoms with Crippen molar-refractivity contribution in [2.24, 2.45) is 0 Å². The van der Waals surface area contributed by atoms with Gasteiger partial charge in [-0.2, -0.15) is 0 Å². The first-order valence-corrected chi connectivity index (χ1v) is 8.62. The van der Waals surface area contributed by atoms with E-state index in [1.54, 1.807) is 24.4 Å². The summed E-state index contributed by atoms with van der Waals surface area (Å²) in [6.45, 7) is 2.94. The Hall–Kier alpha value is -2.93. The molecule has 0 aliphatic rings. The molecule has 3 rings (SSSR count). The van der Waals surface area contributed by atoms with E-state index in [1.165, 1.54) is 9.08 Å². The Morgan fingerprint density at radius 2 is 1.96 bits per heavy atom. The lowest BCUT2D eigenvalue weighted by atomic mass is 10.1. The van der Waals surface area contributed by atoms with E-state index in [4.69, 9.17) is 4.74 Å². The van der Waals surface area contributed by atoms with Crippen LogP contribution < -0.4 is 11.0 Å². The van der Waals surface area contributed by atoms with Gasteiger partial charge >= 0.3 is 5.69 Å². The van der Waals surface area contributed by atoms with Gasteiger partial charge in [0.1, 0.15) is 6.54 Å². The fourth-order valence-electron chi connectivity index (χ4n) is 2.64. The van der Waals surface area contributed by atoms with Crippen molar-refractivity contribution in [1.29, 1.82) is 0 Å². The first kappa shape index (κ1) is 17.9. The topological polar surface area (TPSA) is 77.6 Å². The van der Waals surface area contributed by atoms with Gasteiger partial charge in [-0.15, -0.1) is 5.10 Å². The van der Waals surface area contributed by atoms with Crippen molar-refractivity contribution in [2.75, 3.05) is 13.2 Å². The highest BCUT2D eigenvalue weighted by molar-refractivity contribution is 5.75. The highest BCUT2D eigenvalue weighted by Gasteiger charge is 2.10. The van der Waals surface area contributed by atoms with Crippen molar-refractivity contribution in [3.63, 3.8) is 0 Å². The molecule has 1 aromatic carbocycles. The van der Waals surface area contributed by atoms with E-state index in [2.05, 4.69) is 10.4 Å². The monoisotopic (exact) mass is 354 g/mol. The third-order valence-electron chi connectivity index (χ3n) is 4.06. The molecule has 26 heavy (non-hydrogen) atoms. The summed E-state index contributed by atoms with van der Waals surface area (Å²) in [6.07, 6.45) is 2.34. The van der Waals surface area contributed by atoms with Gasteiger partial charge in [0.25, 0.3) is 0 Å². The number of pyridine rings is 1. The van der Waals surface area contributed by atoms with E-state index in [0.717, 1.165) is 5.56 Å². The lowest BCUT2D eigenvalue weighted by molar-refractivity contribution is -0.121. The van der Waals surface area contributed by atoms with E-state index in [9.17, 15) is 9.59 Å². The van der Waals surface area contributed by atoms with Gasteiger partial charge in [0, 0.05) is 19.3 Å². The van der Waals surface area contributed by atoms with E-state index in [1.807, 2.05) is 37.3 Å². The molecule has 0 saturated carbocycles. The lowest BCUT2D eigenvalue weighted by Gasteiger charge is -2.13. The number of ether oxygens (including phenoxy) is 1. The van der Waals surface area contributed by atoms with Crippen LogP contribution >= 0.6 is 0 Å². The first-order chi connectivity index (χ1) is 12.6. The largest absolute Gasteiger partial charge is 0.374 e. The Morgan fingerprint density at radius 3 is 2.73 bits per heavy atom. The number of hydrogen-bond donors (Lipinski definition) is 1. The maximum atomic E-state index is 12.1. The predicted molar refractivity (Wildman–Crippen MR) is 97.9 cm³/mol. The van der Waals surface area contributed by atoms with Gasteiger partial charge in [0.2, 0.25) is 5.91 Å². The molecule has 136 valence electrons. The molecular formula is C19H22N4O3. The number of hydrogen-bond acceptors (Lipinski definition) is 4. The molecule has 1 atom stereocenters. The SMILES string of the molecule is C[C@@H](OCCCNC(=O)Cn1nc2ccccn2c1=O)c1ccccc1. The second-order valence-corrected chi connectivity index (χ2v) is 6.00. The number of fused-ring (bicyclic) bond motifs is 1. The number of aromatic nitrogens is 3. The second-order valence-electron chi connectivity index (χ2n) is 6.00. The molecule has 1 N–H and O–H groups in total. The highest BCUT2D eigenvalue weighted by Crippen LogP contribution is 2.15. The van der Waals surface area contributed by atoms with Crippen molar-refractivity contribution in [1.82, 2.24) is 19.5 Å². The van der Waals surface area contributed by atoms with Crippen LogP contribution in [0, 0.1) is 0 Å². The Kier molecular flexibility index (Phi) is 5.80. The molecule has 2 heterocycles. The van der Waals surface area contributed by atoms with Gasteiger partial charge in [-0.3, -0.25) is 9.20 Å². The zero-order valence-electron chi connectivity index (χ0n) is 14.7. The van der Waals surface area contributed by atoms with Crippen LogP contribution in [-0.2, 0) is 16.1 Å². The molecule has 7 heteroatoms. The van der Waals surface area contributed by atoms with Crippen LogP contribution in [0.3, 0.4) is 0 Å². The minimum absolute atomic E-state index is 0.0171. The molecule has 0 aliphatic carbocycles. The van der Waals surface area contributed by atoms with Crippen LogP contribution in [0.4, 0.5) is 0 Å². The maximum Gasteiger partial charge on any atom is 0.350 e. The Balaban J connectivity index is 1.40. The third kappa shape index (κ3) is 4.37. The van der Waals surface area contributed by atoms with Crippen LogP contribution in [0.1, 0.15) is 25.0 Å². The summed E-state index contributed by atoms with van der Waals surface area (Å²) in [4.78, 5) is 24.1. The summed E-state index contributed by atoms with van der Waals surface area (Å²) in [7, 11) is 0. The van der Waals surface area contributed by atoms with Crippen LogP contribution in [0.5, 0.6) is 0 Å². The number of nitrogens with zero attached hydrogens (tertiary/aromatic N) is 3. The summed E-state index contributed by atoms with van der Waals surface area (Å²) in [5.74, 6) is -0.244. The molecule has 0 unspecified atom stereocenters. The summed E-state index contributed by atoms with van der Waals surface area (Å²) < 4.78 is 8.34. The quantitative estimate of drug-likeness (QED) is 0.626. The normalized spacial score (nSPS) is 12.2. The zero-order chi connectivity index (χ0) is 18.4. The van der Waals surface area contributed by atoms with Crippen LogP contribution in [0.15, 0.2) is 59.5 Å². The van der Waals surface area contributed by atoms with Crippen molar-refractivity contribution in [2.45, 2.75) is 26.0 Å². The molecule has 0 spiro atoms. The van der Waals surface area contributed by atoms with Crippen molar-refractivity contribution >= 4 is 11.6 Å². The number of rotatable bonds is 8. The minimum Gasteiger partial charge on any atom is -0.374 e. The number of carbonyl (C=O) groups is 1. The van der Waals surface area contributed by atoms with Gasteiger partial charge in [-0.25, -0.2) is 9.48 Å². The molecule has 7 nitrogen and oxygen atoms in total. The van der Waals surface area contributed by atoms with Crippen molar-refractivity contribution in [3.05, 3.63) is 70.8 Å². The maximum absolute atomic E-state index is 12.1. The zero-order valence-corrected chi connectivity index (χ0v) is 14.7. The summed E-state index contributed by atoms with van der Waals surface area (Å²) >= 11 is 0. The Bertz CT molecular complexity index is 917. The lowest BCUT2D eigenvalue weighted by Crippen LogP contribution is -2.33. The molecule has 0 saturated heterocycles. The number of benzene rings is 1. The number of carbonyl (C=O) groups excluding carboxylic acids is 1. The highest BCUT2D eigenvalue weighted by atomic mass is 16.5. The molecule has 0 aliphatic heterocycles. The second kappa shape index (κ2) is 8.44. The standard InChI is InChI=1S/C19H22N4O3/c1-15(16-8-3-2-4-9-16)26-13-7-11-20-18(24)14-23-19(25)22-12-6-5-10-17(22)21-23/h2-6,8-10,12,15H,7,11,13-14H2,1H3,(H,20,24)/t15-/m1/s1. The van der Waals surface area contributed by atoms with Crippen LogP contribution in [0.2, 0.25) is 0 Å². The third-order valence-corrected chi connectivity index (χ3v) is 4.06. The first-order valence-electron chi connectivity index (χ1n) is 8.62. The average Bonchev–Trinajstić information content (AvgIpc) is 2.98. The number of amides is 1. The van der Waals surface area contributed by atoms with Crippen LogP contribution in [0.25, 0.3) is 5.65 Å². The van der Waals surface area contributed by atoms with Gasteiger partial charge in [-0.1, -0.05) is 36.4 Å². The molecule has 0 radical (unpaired) electrons. The predicted octanol–water partition coefficient (Wildman–Crippen LogP) is 1.78. The van der Waals surface area contributed by atoms with E-state index >= 15 is 0 Å². The van der Waals surface area contributed by atoms with E-state index in [0.29, 0.717) is 25.2 Å². The summed E-state index contributed by atoms with van der Waals surface area (Å²) in [6, 6.07) is 15.3. The summed E-state index contributed by atoms with van der Waals surface area (Å²) in [5.41, 5.74) is 1.33. The van der Waals surface area contributed by atoms with Crippen LogP contribution in [-0.4, -0.2) is 33.2 Å². The van der Waals surface area contributed by atoms with E-state index < -0.39 is 0 Å². The molecule has 0 fully saturated rings. The fourth-order valence-corrected chi connectivity index (χ4v) is 2.64.